The second-order valence-electron chi connectivity index (χ2n) is 4.26. The number of hydrogen-bond donors (Lipinski definition) is 1. The van der Waals surface area contributed by atoms with E-state index in [2.05, 4.69) is 9.71 Å². The zero-order valence-electron chi connectivity index (χ0n) is 10.5. The Labute approximate surface area is 116 Å². The molecule has 19 heavy (non-hydrogen) atoms. The Morgan fingerprint density at radius 1 is 1.58 bits per heavy atom. The lowest BCUT2D eigenvalue weighted by atomic mass is 10.2. The second-order valence-corrected chi connectivity index (χ2v) is 6.24. The molecule has 0 aliphatic rings. The predicted molar refractivity (Wildman–Crippen MR) is 70.4 cm³/mol. The van der Waals surface area contributed by atoms with Crippen molar-refractivity contribution in [1.82, 2.24) is 14.3 Å². The van der Waals surface area contributed by atoms with Gasteiger partial charge in [-0.1, -0.05) is 11.6 Å². The average Bonchev–Trinajstić information content (AvgIpc) is 2.90. The Kier molecular flexibility index (Phi) is 3.98. The first-order chi connectivity index (χ1) is 8.90. The van der Waals surface area contributed by atoms with Crippen molar-refractivity contribution >= 4 is 21.6 Å². The molecule has 0 aliphatic carbocycles. The van der Waals surface area contributed by atoms with Gasteiger partial charge in [0.15, 0.2) is 0 Å². The van der Waals surface area contributed by atoms with Crippen LogP contribution < -0.4 is 4.72 Å². The third-order valence-corrected chi connectivity index (χ3v) is 4.61. The van der Waals surface area contributed by atoms with Gasteiger partial charge in [0.2, 0.25) is 5.03 Å². The minimum Gasteiger partial charge on any atom is -0.469 e. The summed E-state index contributed by atoms with van der Waals surface area (Å²) < 4.78 is 33.3. The van der Waals surface area contributed by atoms with Gasteiger partial charge >= 0.3 is 0 Å². The van der Waals surface area contributed by atoms with Crippen LogP contribution in [0.1, 0.15) is 12.7 Å². The molecule has 1 unspecified atom stereocenters. The number of rotatable bonds is 5. The smallest absolute Gasteiger partial charge is 0.261 e. The average molecular weight is 304 g/mol. The van der Waals surface area contributed by atoms with Crippen molar-refractivity contribution in [3.8, 4) is 0 Å². The summed E-state index contributed by atoms with van der Waals surface area (Å²) in [6.45, 7) is 1.75. The normalized spacial score (nSPS) is 13.6. The van der Waals surface area contributed by atoms with Gasteiger partial charge in [-0.15, -0.1) is 0 Å². The number of sulfonamides is 1. The summed E-state index contributed by atoms with van der Waals surface area (Å²) >= 11 is 5.88. The first-order valence-corrected chi connectivity index (χ1v) is 7.48. The maximum atomic E-state index is 12.1. The quantitative estimate of drug-likeness (QED) is 0.909. The van der Waals surface area contributed by atoms with Crippen LogP contribution in [0.3, 0.4) is 0 Å². The number of nitrogens with one attached hydrogen (secondary N) is 1. The molecule has 0 bridgehead atoms. The summed E-state index contributed by atoms with van der Waals surface area (Å²) in [4.78, 5) is 3.79. The number of hydrogen-bond acceptors (Lipinski definition) is 4. The molecule has 2 rings (SSSR count). The van der Waals surface area contributed by atoms with Crippen LogP contribution in [0.2, 0.25) is 5.15 Å². The highest BCUT2D eigenvalue weighted by molar-refractivity contribution is 7.89. The van der Waals surface area contributed by atoms with Crippen LogP contribution in [0.4, 0.5) is 0 Å². The molecule has 0 saturated carbocycles. The summed E-state index contributed by atoms with van der Waals surface area (Å²) in [6.07, 6.45) is 3.36. The molecular formula is C11H14ClN3O3S. The molecule has 8 heteroatoms. The van der Waals surface area contributed by atoms with Crippen LogP contribution in [0, 0.1) is 0 Å². The summed E-state index contributed by atoms with van der Waals surface area (Å²) in [5.41, 5.74) is 0. The van der Waals surface area contributed by atoms with E-state index in [1.165, 1.54) is 10.9 Å². The predicted octanol–water partition coefficient (Wildman–Crippen LogP) is 1.58. The van der Waals surface area contributed by atoms with Crippen molar-refractivity contribution in [2.75, 3.05) is 0 Å². The van der Waals surface area contributed by atoms with Gasteiger partial charge in [0.05, 0.1) is 12.6 Å². The highest BCUT2D eigenvalue weighted by Gasteiger charge is 2.24. The fourth-order valence-corrected chi connectivity index (χ4v) is 3.34. The van der Waals surface area contributed by atoms with E-state index in [9.17, 15) is 8.42 Å². The van der Waals surface area contributed by atoms with Crippen LogP contribution in [0.5, 0.6) is 0 Å². The van der Waals surface area contributed by atoms with Gasteiger partial charge < -0.3 is 8.98 Å². The number of aryl methyl sites for hydroxylation is 1. The molecule has 6 nitrogen and oxygen atoms in total. The van der Waals surface area contributed by atoms with Crippen LogP contribution in [0.25, 0.3) is 0 Å². The highest BCUT2D eigenvalue weighted by Crippen LogP contribution is 2.19. The second kappa shape index (κ2) is 5.36. The fraction of sp³-hybridized carbons (Fsp3) is 0.364. The number of aromatic nitrogens is 2. The molecule has 0 saturated heterocycles. The Balaban J connectivity index is 2.11. The third-order valence-electron chi connectivity index (χ3n) is 2.53. The van der Waals surface area contributed by atoms with Gasteiger partial charge in [-0.25, -0.2) is 18.1 Å². The first kappa shape index (κ1) is 14.1. The van der Waals surface area contributed by atoms with E-state index < -0.39 is 10.0 Å². The maximum absolute atomic E-state index is 12.1. The topological polar surface area (TPSA) is 77.1 Å². The standard InChI is InChI=1S/C11H14ClN3O3S/c1-8(6-9-4-3-5-18-9)14-19(16,17)11-10(12)15(2)7-13-11/h3-5,7-8,14H,6H2,1-2H3. The van der Waals surface area contributed by atoms with E-state index in [4.69, 9.17) is 16.0 Å². The molecule has 0 aliphatic heterocycles. The van der Waals surface area contributed by atoms with E-state index in [0.29, 0.717) is 12.2 Å². The van der Waals surface area contributed by atoms with Crippen molar-refractivity contribution in [2.24, 2.45) is 7.05 Å². The molecular weight excluding hydrogens is 290 g/mol. The Morgan fingerprint density at radius 3 is 2.84 bits per heavy atom. The first-order valence-electron chi connectivity index (χ1n) is 5.61. The van der Waals surface area contributed by atoms with Crippen molar-refractivity contribution < 1.29 is 12.8 Å². The van der Waals surface area contributed by atoms with Gasteiger partial charge in [0.25, 0.3) is 10.0 Å². The molecule has 2 aromatic rings. The van der Waals surface area contributed by atoms with E-state index >= 15 is 0 Å². The molecule has 0 amide bonds. The SMILES string of the molecule is CC(Cc1ccco1)NS(=O)(=O)c1ncn(C)c1Cl. The molecule has 0 spiro atoms. The largest absolute Gasteiger partial charge is 0.469 e. The Bertz CT molecular complexity index is 649. The third kappa shape index (κ3) is 3.17. The lowest BCUT2D eigenvalue weighted by Crippen LogP contribution is -2.34. The molecule has 1 atom stereocenters. The van der Waals surface area contributed by atoms with Crippen molar-refractivity contribution in [3.05, 3.63) is 35.6 Å². The van der Waals surface area contributed by atoms with Gasteiger partial charge in [0, 0.05) is 19.5 Å². The van der Waals surface area contributed by atoms with Gasteiger partial charge in [-0.05, 0) is 19.1 Å². The molecule has 1 N–H and O–H groups in total. The van der Waals surface area contributed by atoms with Crippen LogP contribution in [-0.2, 0) is 23.5 Å². The zero-order chi connectivity index (χ0) is 14.0. The highest BCUT2D eigenvalue weighted by atomic mass is 35.5. The van der Waals surface area contributed by atoms with Gasteiger partial charge in [0.1, 0.15) is 10.9 Å². The Hall–Kier alpha value is -1.31. The molecule has 0 aromatic carbocycles. The summed E-state index contributed by atoms with van der Waals surface area (Å²) in [6, 6.07) is 3.22. The number of nitrogens with zero attached hydrogens (tertiary/aromatic N) is 2. The molecule has 104 valence electrons. The van der Waals surface area contributed by atoms with Crippen LogP contribution in [0.15, 0.2) is 34.2 Å². The Morgan fingerprint density at radius 2 is 2.32 bits per heavy atom. The van der Waals surface area contributed by atoms with Crippen molar-refractivity contribution in [1.29, 1.82) is 0 Å². The summed E-state index contributed by atoms with van der Waals surface area (Å²) in [5.74, 6) is 0.710. The minimum absolute atomic E-state index is 0.0812. The van der Waals surface area contributed by atoms with Crippen molar-refractivity contribution in [2.45, 2.75) is 24.4 Å². The molecule has 0 radical (unpaired) electrons. The van der Waals surface area contributed by atoms with E-state index in [-0.39, 0.29) is 16.2 Å². The van der Waals surface area contributed by atoms with E-state index in [1.807, 2.05) is 0 Å². The summed E-state index contributed by atoms with van der Waals surface area (Å²) in [5, 5.41) is -0.0827. The fourth-order valence-electron chi connectivity index (χ4n) is 1.67. The number of halogens is 1. The van der Waals surface area contributed by atoms with Gasteiger partial charge in [-0.3, -0.25) is 0 Å². The minimum atomic E-state index is -3.73. The monoisotopic (exact) mass is 303 g/mol. The lowest BCUT2D eigenvalue weighted by Gasteiger charge is -2.11. The molecule has 2 aromatic heterocycles. The lowest BCUT2D eigenvalue weighted by molar-refractivity contribution is 0.478. The van der Waals surface area contributed by atoms with Crippen molar-refractivity contribution in [3.63, 3.8) is 0 Å². The molecule has 2 heterocycles. The maximum Gasteiger partial charge on any atom is 0.261 e. The number of imidazole rings is 1. The van der Waals surface area contributed by atoms with E-state index in [1.54, 1.807) is 32.4 Å². The van der Waals surface area contributed by atoms with Crippen LogP contribution >= 0.6 is 11.6 Å². The number of furan rings is 1. The molecule has 0 fully saturated rings. The summed E-state index contributed by atoms with van der Waals surface area (Å²) in [7, 11) is -2.10. The van der Waals surface area contributed by atoms with Gasteiger partial charge in [-0.2, -0.15) is 0 Å². The van der Waals surface area contributed by atoms with Crippen LogP contribution in [-0.4, -0.2) is 24.0 Å². The van der Waals surface area contributed by atoms with E-state index in [0.717, 1.165) is 0 Å². The zero-order valence-corrected chi connectivity index (χ0v) is 12.1.